The summed E-state index contributed by atoms with van der Waals surface area (Å²) in [6.07, 6.45) is 7.60. The van der Waals surface area contributed by atoms with Crippen molar-refractivity contribution in [3.8, 4) is 18.1 Å². The second kappa shape index (κ2) is 10.5. The third-order valence-corrected chi connectivity index (χ3v) is 4.08. The minimum absolute atomic E-state index is 0.00443. The highest BCUT2D eigenvalue weighted by Gasteiger charge is 2.16. The zero-order chi connectivity index (χ0) is 19.6. The number of aliphatic imine (C=N–C) groups is 1. The Bertz CT molecular complexity index is 746. The van der Waals surface area contributed by atoms with Crippen LogP contribution < -0.4 is 10.1 Å². The number of hydrogen-bond donors (Lipinski definition) is 3. The Balaban J connectivity index is 2.07. The van der Waals surface area contributed by atoms with Crippen LogP contribution in [0, 0.1) is 23.2 Å². The fourth-order valence-corrected chi connectivity index (χ4v) is 2.60. The van der Waals surface area contributed by atoms with E-state index in [2.05, 4.69) is 16.2 Å². The van der Waals surface area contributed by atoms with Crippen molar-refractivity contribution >= 4 is 17.4 Å². The van der Waals surface area contributed by atoms with Crippen LogP contribution in [0.4, 0.5) is 0 Å². The molecule has 0 aromatic heterocycles. The molecular weight excluding hydrogens is 344 g/mol. The second-order valence-electron chi connectivity index (χ2n) is 6.05. The van der Waals surface area contributed by atoms with Crippen molar-refractivity contribution in [1.29, 1.82) is 10.8 Å². The summed E-state index contributed by atoms with van der Waals surface area (Å²) in [5.74, 6) is 3.01. The highest BCUT2D eigenvalue weighted by molar-refractivity contribution is 6.48. The van der Waals surface area contributed by atoms with Crippen molar-refractivity contribution in [1.82, 2.24) is 5.32 Å². The van der Waals surface area contributed by atoms with Crippen LogP contribution in [-0.2, 0) is 9.47 Å². The molecule has 144 valence electrons. The lowest BCUT2D eigenvalue weighted by molar-refractivity contribution is 0.0223. The summed E-state index contributed by atoms with van der Waals surface area (Å²) < 4.78 is 16.3. The van der Waals surface area contributed by atoms with Crippen LogP contribution in [0.5, 0.6) is 5.75 Å². The molecule has 1 saturated heterocycles. The second-order valence-corrected chi connectivity index (χ2v) is 6.05. The molecule has 7 nitrogen and oxygen atoms in total. The number of nitrogens with zero attached hydrogens (tertiary/aromatic N) is 1. The van der Waals surface area contributed by atoms with Crippen LogP contribution in [0.2, 0.25) is 0 Å². The molecule has 27 heavy (non-hydrogen) atoms. The summed E-state index contributed by atoms with van der Waals surface area (Å²) in [5, 5.41) is 19.3. The van der Waals surface area contributed by atoms with E-state index in [0.29, 0.717) is 35.7 Å². The van der Waals surface area contributed by atoms with Crippen LogP contribution >= 0.6 is 0 Å². The lowest BCUT2D eigenvalue weighted by atomic mass is 10.0. The Labute approximate surface area is 160 Å². The number of ether oxygens (including phenoxy) is 3. The summed E-state index contributed by atoms with van der Waals surface area (Å²) in [6, 6.07) is 5.16. The Morgan fingerprint density at radius 2 is 2.26 bits per heavy atom. The molecule has 1 aliphatic heterocycles. The molecule has 0 saturated carbocycles. The van der Waals surface area contributed by atoms with Gasteiger partial charge >= 0.3 is 0 Å². The lowest BCUT2D eigenvalue weighted by Crippen LogP contribution is -2.31. The number of terminal acetylenes is 1. The maximum Gasteiger partial charge on any atom is 0.215 e. The number of nitrogens with one attached hydrogen (secondary N) is 3. The van der Waals surface area contributed by atoms with Gasteiger partial charge in [-0.05, 0) is 44.9 Å². The zero-order valence-corrected chi connectivity index (χ0v) is 15.8. The molecule has 0 aliphatic carbocycles. The summed E-state index contributed by atoms with van der Waals surface area (Å²) in [4.78, 5) is 4.18. The first-order valence-electron chi connectivity index (χ1n) is 8.95. The molecule has 3 N–H and O–H groups in total. The molecule has 0 radical (unpaired) electrons. The highest BCUT2D eigenvalue weighted by atomic mass is 16.7. The first-order chi connectivity index (χ1) is 13.0. The summed E-state index contributed by atoms with van der Waals surface area (Å²) in [6.45, 7) is 5.46. The predicted molar refractivity (Wildman–Crippen MR) is 106 cm³/mol. The Kier molecular flexibility index (Phi) is 7.99. The van der Waals surface area contributed by atoms with Gasteiger partial charge in [-0.15, -0.1) is 6.42 Å². The first kappa shape index (κ1) is 20.6. The van der Waals surface area contributed by atoms with Crippen molar-refractivity contribution in [2.45, 2.75) is 32.8 Å². The van der Waals surface area contributed by atoms with E-state index in [0.717, 1.165) is 19.4 Å². The van der Waals surface area contributed by atoms with Crippen LogP contribution in [0.25, 0.3) is 0 Å². The Hall–Kier alpha value is -2.69. The normalized spacial score (nSPS) is 16.6. The lowest BCUT2D eigenvalue weighted by Gasteiger charge is -2.14. The predicted octanol–water partition coefficient (Wildman–Crippen LogP) is 2.57. The average molecular weight is 370 g/mol. The Morgan fingerprint density at radius 1 is 1.44 bits per heavy atom. The summed E-state index contributed by atoms with van der Waals surface area (Å²) >= 11 is 0. The molecule has 1 aliphatic rings. The minimum Gasteiger partial charge on any atom is -0.467 e. The third kappa shape index (κ3) is 6.20. The van der Waals surface area contributed by atoms with Gasteiger partial charge in [-0.2, -0.15) is 0 Å². The van der Waals surface area contributed by atoms with Crippen LogP contribution in [0.3, 0.4) is 0 Å². The van der Waals surface area contributed by atoms with Gasteiger partial charge in [0.05, 0.1) is 17.5 Å². The van der Waals surface area contributed by atoms with Crippen molar-refractivity contribution in [3.63, 3.8) is 0 Å². The van der Waals surface area contributed by atoms with E-state index >= 15 is 0 Å². The molecule has 1 heterocycles. The van der Waals surface area contributed by atoms with Crippen LogP contribution in [0.1, 0.15) is 37.8 Å². The molecule has 1 aromatic carbocycles. The SMILES string of the molecule is C#Cc1ccc(C(=N)/C(C)=N\C(=N)NC[C@H]2CCCO2)c(OCOCC)c1. The molecule has 1 aromatic rings. The smallest absolute Gasteiger partial charge is 0.215 e. The van der Waals surface area contributed by atoms with Crippen molar-refractivity contribution in [3.05, 3.63) is 29.3 Å². The van der Waals surface area contributed by atoms with E-state index in [-0.39, 0.29) is 24.6 Å². The number of guanidine groups is 1. The number of benzene rings is 1. The van der Waals surface area contributed by atoms with Crippen molar-refractivity contribution < 1.29 is 14.2 Å². The fraction of sp³-hybridized carbons (Fsp3) is 0.450. The van der Waals surface area contributed by atoms with E-state index in [1.54, 1.807) is 25.1 Å². The van der Waals surface area contributed by atoms with E-state index in [1.807, 2.05) is 6.92 Å². The van der Waals surface area contributed by atoms with E-state index in [9.17, 15) is 0 Å². The van der Waals surface area contributed by atoms with E-state index in [1.165, 1.54) is 0 Å². The van der Waals surface area contributed by atoms with Gasteiger partial charge in [0, 0.05) is 30.9 Å². The van der Waals surface area contributed by atoms with Gasteiger partial charge in [0.2, 0.25) is 5.96 Å². The third-order valence-electron chi connectivity index (χ3n) is 4.08. The van der Waals surface area contributed by atoms with Gasteiger partial charge in [-0.25, -0.2) is 4.99 Å². The van der Waals surface area contributed by atoms with Crippen LogP contribution in [-0.4, -0.2) is 50.0 Å². The minimum atomic E-state index is 0.00443. The molecular formula is C20H26N4O3. The first-order valence-corrected chi connectivity index (χ1v) is 8.95. The molecule has 7 heteroatoms. The molecule has 1 atom stereocenters. The molecule has 0 bridgehead atoms. The van der Waals surface area contributed by atoms with Crippen molar-refractivity contribution in [2.24, 2.45) is 4.99 Å². The summed E-state index contributed by atoms with van der Waals surface area (Å²) in [5.41, 5.74) is 1.75. The Morgan fingerprint density at radius 3 is 2.93 bits per heavy atom. The molecule has 0 spiro atoms. The number of hydrogen-bond acceptors (Lipinski definition) is 5. The van der Waals surface area contributed by atoms with Gasteiger partial charge < -0.3 is 19.5 Å². The molecule has 1 fully saturated rings. The van der Waals surface area contributed by atoms with Gasteiger partial charge in [-0.1, -0.05) is 5.92 Å². The maximum absolute atomic E-state index is 8.42. The van der Waals surface area contributed by atoms with Gasteiger partial charge in [0.25, 0.3) is 0 Å². The quantitative estimate of drug-likeness (QED) is 0.215. The monoisotopic (exact) mass is 370 g/mol. The average Bonchev–Trinajstić information content (AvgIpc) is 3.19. The van der Waals surface area contributed by atoms with Crippen LogP contribution in [0.15, 0.2) is 23.2 Å². The number of rotatable bonds is 8. The van der Waals surface area contributed by atoms with Crippen molar-refractivity contribution in [2.75, 3.05) is 26.6 Å². The largest absolute Gasteiger partial charge is 0.467 e. The fourth-order valence-electron chi connectivity index (χ4n) is 2.60. The summed E-state index contributed by atoms with van der Waals surface area (Å²) in [7, 11) is 0. The molecule has 0 unspecified atom stereocenters. The highest BCUT2D eigenvalue weighted by Crippen LogP contribution is 2.21. The van der Waals surface area contributed by atoms with Gasteiger partial charge in [0.1, 0.15) is 5.75 Å². The zero-order valence-electron chi connectivity index (χ0n) is 15.8. The molecule has 2 rings (SSSR count). The van der Waals surface area contributed by atoms with Gasteiger partial charge in [-0.3, -0.25) is 10.8 Å². The maximum atomic E-state index is 8.42. The topological polar surface area (TPSA) is 99.8 Å². The molecule has 0 amide bonds. The van der Waals surface area contributed by atoms with Gasteiger partial charge in [0.15, 0.2) is 6.79 Å². The van der Waals surface area contributed by atoms with E-state index in [4.69, 9.17) is 31.5 Å². The van der Waals surface area contributed by atoms with E-state index < -0.39 is 0 Å². The standard InChI is InChI=1S/C20H26N4O3/c1-4-15-8-9-17(18(11-15)27-13-25-5-2)19(21)14(3)24-20(22)23-12-16-7-6-10-26-16/h1,8-9,11,16,21H,5-7,10,12-13H2,2-3H3,(H2,22,23)/b21-19?,24-14-/t16-/m1/s1.